The Balaban J connectivity index is 0.000000181. The van der Waals surface area contributed by atoms with Gasteiger partial charge in [-0.25, -0.2) is 32.5 Å². The second-order valence-electron chi connectivity index (χ2n) is 9.42. The van der Waals surface area contributed by atoms with Crippen molar-refractivity contribution in [2.45, 2.75) is 0 Å². The van der Waals surface area contributed by atoms with E-state index in [-0.39, 0.29) is 28.2 Å². The number of ether oxygens (including phenoxy) is 1. The number of hydrogen-bond donors (Lipinski definition) is 2. The number of nitrogens with zero attached hydrogens (tertiary/aromatic N) is 5. The molecular weight excluding hydrogens is 610 g/mol. The number of hydrogen-bond acceptors (Lipinski definition) is 10. The first kappa shape index (κ1) is 31.0. The van der Waals surface area contributed by atoms with Gasteiger partial charge in [0, 0.05) is 23.3 Å². The summed E-state index contributed by atoms with van der Waals surface area (Å²) in [6.07, 6.45) is 2.71. The zero-order valence-corrected chi connectivity index (χ0v) is 23.3. The fraction of sp³-hybridized carbons (Fsp3) is 0.0312. The van der Waals surface area contributed by atoms with Gasteiger partial charge >= 0.3 is 0 Å². The van der Waals surface area contributed by atoms with E-state index in [1.165, 1.54) is 55.9 Å². The zero-order chi connectivity index (χ0) is 33.1. The number of nitriles is 1. The number of ketones is 2. The van der Waals surface area contributed by atoms with Crippen LogP contribution in [0, 0.1) is 34.6 Å². The summed E-state index contributed by atoms with van der Waals surface area (Å²) in [6.45, 7) is 0. The Bertz CT molecular complexity index is 2240. The first-order chi connectivity index (χ1) is 22.0. The first-order valence-corrected chi connectivity index (χ1v) is 12.9. The van der Waals surface area contributed by atoms with Crippen LogP contribution in [-0.2, 0) is 0 Å². The number of aromatic nitrogens is 4. The van der Waals surface area contributed by atoms with Crippen molar-refractivity contribution in [3.8, 4) is 23.4 Å². The molecule has 14 heteroatoms. The summed E-state index contributed by atoms with van der Waals surface area (Å²) in [5, 5.41) is 27.5. The number of carbonyl (C=O) groups is 2. The number of benzene rings is 4. The third-order valence-electron chi connectivity index (χ3n) is 6.43. The summed E-state index contributed by atoms with van der Waals surface area (Å²) in [7, 11) is 1.43. The van der Waals surface area contributed by atoms with Gasteiger partial charge in [-0.05, 0) is 48.5 Å². The smallest absolute Gasteiger partial charge is 0.232 e. The van der Waals surface area contributed by atoms with Gasteiger partial charge in [0.15, 0.2) is 40.5 Å². The SMILES string of the molecule is COc1cnc2ccc(C(=O)c3cc(O)cc(F)c3F)cc2n1.N#Cc1cnc2ccc(C(=O)c3cc(O)cc(F)c3F)cc2n1. The standard InChI is InChI=1S/C16H7F2N3O2.C16H10F2N2O3/c17-12-5-10(22)4-11(15(12)18)16(23)8-1-2-13-14(3-8)21-9(6-19)7-20-13;1-23-14-7-19-12-3-2-8(4-13(12)20-14)16(22)10-5-9(21)6-11(17)15(10)18/h1-5,7,22H;2-7,21H,1H3. The molecule has 0 radical (unpaired) electrons. The molecule has 0 unspecified atom stereocenters. The molecule has 0 saturated carbocycles. The van der Waals surface area contributed by atoms with Crippen LogP contribution in [0.5, 0.6) is 17.4 Å². The number of phenolic OH excluding ortho intramolecular Hbond substituents is 2. The van der Waals surface area contributed by atoms with Gasteiger partial charge in [-0.15, -0.1) is 0 Å². The highest BCUT2D eigenvalue weighted by Gasteiger charge is 2.21. The molecule has 0 saturated heterocycles. The van der Waals surface area contributed by atoms with Crippen molar-refractivity contribution >= 4 is 33.6 Å². The molecule has 2 N–H and O–H groups in total. The Hall–Kier alpha value is -6.49. The second kappa shape index (κ2) is 12.6. The van der Waals surface area contributed by atoms with Gasteiger partial charge in [0.1, 0.15) is 17.6 Å². The van der Waals surface area contributed by atoms with Crippen LogP contribution in [0.2, 0.25) is 0 Å². The van der Waals surface area contributed by atoms with E-state index in [4.69, 9.17) is 10.00 Å². The van der Waals surface area contributed by atoms with Crippen molar-refractivity contribution in [1.82, 2.24) is 19.9 Å². The van der Waals surface area contributed by atoms with Gasteiger partial charge in [-0.3, -0.25) is 14.6 Å². The van der Waals surface area contributed by atoms with E-state index in [1.54, 1.807) is 0 Å². The van der Waals surface area contributed by atoms with E-state index in [0.29, 0.717) is 28.7 Å². The van der Waals surface area contributed by atoms with Crippen LogP contribution in [0.25, 0.3) is 22.1 Å². The molecule has 0 aliphatic carbocycles. The molecule has 228 valence electrons. The number of fused-ring (bicyclic) bond motifs is 2. The molecule has 0 aliphatic heterocycles. The largest absolute Gasteiger partial charge is 0.508 e. The second-order valence-corrected chi connectivity index (χ2v) is 9.42. The van der Waals surface area contributed by atoms with Gasteiger partial charge in [0.25, 0.3) is 0 Å². The molecule has 4 aromatic carbocycles. The van der Waals surface area contributed by atoms with Crippen LogP contribution in [0.4, 0.5) is 17.6 Å². The minimum Gasteiger partial charge on any atom is -0.508 e. The Morgan fingerprint density at radius 2 is 1.17 bits per heavy atom. The monoisotopic (exact) mass is 627 g/mol. The van der Waals surface area contributed by atoms with E-state index < -0.39 is 57.5 Å². The molecule has 2 aromatic heterocycles. The fourth-order valence-electron chi connectivity index (χ4n) is 4.23. The zero-order valence-electron chi connectivity index (χ0n) is 23.3. The predicted octanol–water partition coefficient (Wildman–Crippen LogP) is 5.57. The summed E-state index contributed by atoms with van der Waals surface area (Å²) < 4.78 is 59.2. The maximum absolute atomic E-state index is 13.8. The van der Waals surface area contributed by atoms with E-state index in [0.717, 1.165) is 12.1 Å². The molecule has 0 fully saturated rings. The third kappa shape index (κ3) is 6.24. The highest BCUT2D eigenvalue weighted by atomic mass is 19.2. The van der Waals surface area contributed by atoms with Crippen molar-refractivity contribution in [1.29, 1.82) is 5.26 Å². The summed E-state index contributed by atoms with van der Waals surface area (Å²) in [5.41, 5.74) is 0.649. The van der Waals surface area contributed by atoms with Crippen molar-refractivity contribution in [2.24, 2.45) is 0 Å². The lowest BCUT2D eigenvalue weighted by Crippen LogP contribution is -2.06. The van der Waals surface area contributed by atoms with Crippen LogP contribution >= 0.6 is 0 Å². The van der Waals surface area contributed by atoms with Crippen LogP contribution in [-0.4, -0.2) is 48.8 Å². The molecule has 0 aliphatic rings. The topological polar surface area (TPSA) is 159 Å². The van der Waals surface area contributed by atoms with E-state index in [9.17, 15) is 37.4 Å². The first-order valence-electron chi connectivity index (χ1n) is 12.9. The highest BCUT2D eigenvalue weighted by Crippen LogP contribution is 2.25. The lowest BCUT2D eigenvalue weighted by atomic mass is 10.0. The predicted molar refractivity (Wildman–Crippen MR) is 153 cm³/mol. The van der Waals surface area contributed by atoms with Crippen LogP contribution in [0.15, 0.2) is 73.1 Å². The van der Waals surface area contributed by atoms with Gasteiger partial charge in [0.05, 0.1) is 52.7 Å². The molecule has 2 heterocycles. The minimum absolute atomic E-state index is 0.0331. The van der Waals surface area contributed by atoms with Crippen LogP contribution in [0.1, 0.15) is 37.5 Å². The Labute approximate surface area is 255 Å². The van der Waals surface area contributed by atoms with E-state index >= 15 is 0 Å². The molecule has 0 atom stereocenters. The number of methoxy groups -OCH3 is 1. The number of halogens is 4. The normalized spacial score (nSPS) is 10.6. The third-order valence-corrected chi connectivity index (χ3v) is 6.43. The molecule has 6 rings (SSSR count). The fourth-order valence-corrected chi connectivity index (χ4v) is 4.23. The van der Waals surface area contributed by atoms with Crippen molar-refractivity contribution in [3.63, 3.8) is 0 Å². The Morgan fingerprint density at radius 1 is 0.696 bits per heavy atom. The number of carbonyl (C=O) groups excluding carboxylic acids is 2. The Kier molecular flexibility index (Phi) is 8.50. The summed E-state index contributed by atoms with van der Waals surface area (Å²) in [5.74, 6) is -7.69. The maximum atomic E-state index is 13.8. The lowest BCUT2D eigenvalue weighted by Gasteiger charge is -2.06. The quantitative estimate of drug-likeness (QED) is 0.183. The molecule has 46 heavy (non-hydrogen) atoms. The van der Waals surface area contributed by atoms with Crippen molar-refractivity contribution in [2.75, 3.05) is 7.11 Å². The summed E-state index contributed by atoms with van der Waals surface area (Å²) in [6, 6.07) is 13.3. The minimum atomic E-state index is -1.34. The molecular formula is C32H17F4N5O5. The van der Waals surface area contributed by atoms with Gasteiger partial charge in [-0.1, -0.05) is 0 Å². The molecule has 0 spiro atoms. The number of aromatic hydroxyl groups is 2. The van der Waals surface area contributed by atoms with Gasteiger partial charge in [0.2, 0.25) is 5.88 Å². The maximum Gasteiger partial charge on any atom is 0.232 e. The van der Waals surface area contributed by atoms with Crippen LogP contribution in [0.3, 0.4) is 0 Å². The Morgan fingerprint density at radius 3 is 1.65 bits per heavy atom. The number of phenols is 2. The molecule has 0 bridgehead atoms. The van der Waals surface area contributed by atoms with E-state index in [2.05, 4.69) is 19.9 Å². The molecule has 0 amide bonds. The summed E-state index contributed by atoms with van der Waals surface area (Å²) in [4.78, 5) is 40.9. The van der Waals surface area contributed by atoms with Gasteiger partial charge < -0.3 is 14.9 Å². The van der Waals surface area contributed by atoms with Crippen molar-refractivity contribution in [3.05, 3.63) is 124 Å². The summed E-state index contributed by atoms with van der Waals surface area (Å²) >= 11 is 0. The number of rotatable bonds is 5. The van der Waals surface area contributed by atoms with Crippen LogP contribution < -0.4 is 4.74 Å². The average molecular weight is 628 g/mol. The highest BCUT2D eigenvalue weighted by molar-refractivity contribution is 6.11. The average Bonchev–Trinajstić information content (AvgIpc) is 3.06. The van der Waals surface area contributed by atoms with Gasteiger partial charge in [-0.2, -0.15) is 5.26 Å². The van der Waals surface area contributed by atoms with Crippen molar-refractivity contribution < 1.29 is 42.1 Å². The van der Waals surface area contributed by atoms with E-state index in [1.807, 2.05) is 6.07 Å². The molecule has 10 nitrogen and oxygen atoms in total. The molecule has 6 aromatic rings. The lowest BCUT2D eigenvalue weighted by molar-refractivity contribution is 0.102.